The molecular formula is C21H22N4O3. The Hall–Kier alpha value is -3.48. The Kier molecular flexibility index (Phi) is 6.16. The van der Waals surface area contributed by atoms with Gasteiger partial charge in [-0.25, -0.2) is 9.67 Å². The molecule has 0 saturated heterocycles. The van der Waals surface area contributed by atoms with Crippen molar-refractivity contribution in [1.82, 2.24) is 20.1 Å². The first-order valence-electron chi connectivity index (χ1n) is 8.97. The molecule has 7 heteroatoms. The Labute approximate surface area is 163 Å². The molecule has 3 rings (SSSR count). The summed E-state index contributed by atoms with van der Waals surface area (Å²) >= 11 is 0. The molecule has 7 nitrogen and oxygen atoms in total. The summed E-state index contributed by atoms with van der Waals surface area (Å²) in [6.07, 6.45) is 2.45. The van der Waals surface area contributed by atoms with Crippen molar-refractivity contribution >= 4 is 11.7 Å². The minimum Gasteiger partial charge on any atom is -0.481 e. The smallest absolute Gasteiger partial charge is 0.261 e. The molecule has 1 amide bonds. The van der Waals surface area contributed by atoms with Crippen molar-refractivity contribution in [2.24, 2.45) is 0 Å². The summed E-state index contributed by atoms with van der Waals surface area (Å²) in [5.41, 5.74) is 2.60. The summed E-state index contributed by atoms with van der Waals surface area (Å²) < 4.78 is 7.41. The zero-order valence-corrected chi connectivity index (χ0v) is 15.8. The quantitative estimate of drug-likeness (QED) is 0.609. The Morgan fingerprint density at radius 1 is 1.14 bits per heavy atom. The highest BCUT2D eigenvalue weighted by Crippen LogP contribution is 2.16. The minimum absolute atomic E-state index is 0.0495. The van der Waals surface area contributed by atoms with Crippen molar-refractivity contribution in [3.05, 3.63) is 77.9 Å². The van der Waals surface area contributed by atoms with Crippen LogP contribution < -0.4 is 10.1 Å². The highest BCUT2D eigenvalue weighted by atomic mass is 16.5. The van der Waals surface area contributed by atoms with E-state index in [0.29, 0.717) is 24.4 Å². The van der Waals surface area contributed by atoms with Crippen LogP contribution in [0.15, 0.2) is 61.2 Å². The van der Waals surface area contributed by atoms with Gasteiger partial charge in [0.05, 0.1) is 6.54 Å². The number of nitrogens with zero attached hydrogens (tertiary/aromatic N) is 3. The number of ketones is 1. The zero-order valence-electron chi connectivity index (χ0n) is 15.8. The molecule has 1 heterocycles. The molecule has 0 radical (unpaired) electrons. The summed E-state index contributed by atoms with van der Waals surface area (Å²) in [6, 6.07) is 14.7. The average molecular weight is 378 g/mol. The first kappa shape index (κ1) is 19.3. The number of hydrogen-bond acceptors (Lipinski definition) is 5. The van der Waals surface area contributed by atoms with Crippen molar-refractivity contribution in [2.75, 3.05) is 0 Å². The van der Waals surface area contributed by atoms with Gasteiger partial charge in [0, 0.05) is 12.1 Å². The lowest BCUT2D eigenvalue weighted by Crippen LogP contribution is -2.36. The highest BCUT2D eigenvalue weighted by Gasteiger charge is 2.15. The van der Waals surface area contributed by atoms with Crippen molar-refractivity contribution in [1.29, 1.82) is 0 Å². The van der Waals surface area contributed by atoms with E-state index in [-0.39, 0.29) is 11.7 Å². The fraction of sp³-hybridized carbons (Fsp3) is 0.238. The summed E-state index contributed by atoms with van der Waals surface area (Å²) in [5.74, 6) is 0.206. The maximum atomic E-state index is 12.4. The predicted molar refractivity (Wildman–Crippen MR) is 104 cm³/mol. The van der Waals surface area contributed by atoms with Gasteiger partial charge in [-0.05, 0) is 37.1 Å². The van der Waals surface area contributed by atoms with Crippen molar-refractivity contribution in [3.8, 4) is 5.75 Å². The van der Waals surface area contributed by atoms with Gasteiger partial charge >= 0.3 is 0 Å². The van der Waals surface area contributed by atoms with Gasteiger partial charge in [-0.1, -0.05) is 36.4 Å². The van der Waals surface area contributed by atoms with Crippen LogP contribution in [0.5, 0.6) is 5.75 Å². The third-order valence-corrected chi connectivity index (χ3v) is 4.29. The highest BCUT2D eigenvalue weighted by molar-refractivity contribution is 5.94. The second kappa shape index (κ2) is 8.94. The van der Waals surface area contributed by atoms with E-state index in [0.717, 1.165) is 11.1 Å². The van der Waals surface area contributed by atoms with Crippen LogP contribution in [0.1, 0.15) is 35.3 Å². The van der Waals surface area contributed by atoms with E-state index in [1.165, 1.54) is 13.3 Å². The zero-order chi connectivity index (χ0) is 19.9. The summed E-state index contributed by atoms with van der Waals surface area (Å²) in [7, 11) is 0. The van der Waals surface area contributed by atoms with Gasteiger partial charge in [0.15, 0.2) is 11.9 Å². The van der Waals surface area contributed by atoms with E-state index in [2.05, 4.69) is 15.4 Å². The number of carbonyl (C=O) groups excluding carboxylic acids is 2. The third-order valence-electron chi connectivity index (χ3n) is 4.29. The molecule has 0 saturated carbocycles. The normalized spacial score (nSPS) is 11.6. The molecule has 0 bridgehead atoms. The number of amides is 1. The fourth-order valence-electron chi connectivity index (χ4n) is 2.75. The van der Waals surface area contributed by atoms with Gasteiger partial charge in [-0.2, -0.15) is 5.10 Å². The van der Waals surface area contributed by atoms with Gasteiger partial charge in [0.25, 0.3) is 5.91 Å². The molecule has 28 heavy (non-hydrogen) atoms. The maximum Gasteiger partial charge on any atom is 0.261 e. The molecule has 0 aliphatic heterocycles. The van der Waals surface area contributed by atoms with Gasteiger partial charge in [-0.3, -0.25) is 9.59 Å². The van der Waals surface area contributed by atoms with Crippen LogP contribution in [-0.4, -0.2) is 32.6 Å². The molecule has 144 valence electrons. The Morgan fingerprint density at radius 2 is 1.93 bits per heavy atom. The SMILES string of the molecule is CC(=O)c1cccc(O[C@H](C)C(=O)NCc2ccccc2Cn2cncn2)c1. The monoisotopic (exact) mass is 378 g/mol. The Balaban J connectivity index is 1.59. The van der Waals surface area contributed by atoms with Crippen molar-refractivity contribution < 1.29 is 14.3 Å². The third kappa shape index (κ3) is 5.03. The van der Waals surface area contributed by atoms with Crippen molar-refractivity contribution in [3.63, 3.8) is 0 Å². The van der Waals surface area contributed by atoms with Gasteiger partial charge in [-0.15, -0.1) is 0 Å². The summed E-state index contributed by atoms with van der Waals surface area (Å²) in [4.78, 5) is 27.9. The number of benzene rings is 2. The molecule has 3 aromatic rings. The predicted octanol–water partition coefficient (Wildman–Crippen LogP) is 2.61. The molecule has 0 fully saturated rings. The second-order valence-corrected chi connectivity index (χ2v) is 6.42. The summed E-state index contributed by atoms with van der Waals surface area (Å²) in [5, 5.41) is 7.02. The van der Waals surface area contributed by atoms with Crippen LogP contribution in [0.2, 0.25) is 0 Å². The van der Waals surface area contributed by atoms with E-state index >= 15 is 0 Å². The number of carbonyl (C=O) groups is 2. The first-order chi connectivity index (χ1) is 13.5. The number of rotatable bonds is 8. The van der Waals surface area contributed by atoms with Gasteiger partial charge < -0.3 is 10.1 Å². The van der Waals surface area contributed by atoms with E-state index in [9.17, 15) is 9.59 Å². The van der Waals surface area contributed by atoms with Gasteiger partial charge in [0.2, 0.25) is 0 Å². The molecule has 0 spiro atoms. The molecule has 1 aromatic heterocycles. The molecule has 1 atom stereocenters. The lowest BCUT2D eigenvalue weighted by Gasteiger charge is -2.16. The minimum atomic E-state index is -0.690. The standard InChI is InChI=1S/C21H22N4O3/c1-15(26)17-8-5-9-20(10-17)28-16(2)21(27)23-11-18-6-3-4-7-19(18)12-25-14-22-13-24-25/h3-10,13-14,16H,11-12H2,1-2H3,(H,23,27)/t16-/m1/s1. The van der Waals surface area contributed by atoms with Crippen LogP contribution >= 0.6 is 0 Å². The van der Waals surface area contributed by atoms with Crippen LogP contribution in [0.3, 0.4) is 0 Å². The lowest BCUT2D eigenvalue weighted by atomic mass is 10.1. The van der Waals surface area contributed by atoms with Crippen LogP contribution in [0, 0.1) is 0 Å². The van der Waals surface area contributed by atoms with Crippen LogP contribution in [0.4, 0.5) is 0 Å². The van der Waals surface area contributed by atoms with Crippen molar-refractivity contribution in [2.45, 2.75) is 33.0 Å². The molecule has 2 aromatic carbocycles. The Morgan fingerprint density at radius 3 is 2.64 bits per heavy atom. The van der Waals surface area contributed by atoms with E-state index in [1.807, 2.05) is 24.3 Å². The number of Topliss-reactive ketones (excluding diaryl/α,β-unsaturated/α-hetero) is 1. The topological polar surface area (TPSA) is 86.1 Å². The van der Waals surface area contributed by atoms with Crippen LogP contribution in [-0.2, 0) is 17.9 Å². The van der Waals surface area contributed by atoms with E-state index in [4.69, 9.17) is 4.74 Å². The van der Waals surface area contributed by atoms with Crippen LogP contribution in [0.25, 0.3) is 0 Å². The number of nitrogens with one attached hydrogen (secondary N) is 1. The molecule has 0 aliphatic rings. The maximum absolute atomic E-state index is 12.4. The number of ether oxygens (including phenoxy) is 1. The van der Waals surface area contributed by atoms with E-state index in [1.54, 1.807) is 42.2 Å². The molecular weight excluding hydrogens is 356 g/mol. The lowest BCUT2D eigenvalue weighted by molar-refractivity contribution is -0.127. The fourth-order valence-corrected chi connectivity index (χ4v) is 2.75. The second-order valence-electron chi connectivity index (χ2n) is 6.42. The van der Waals surface area contributed by atoms with E-state index < -0.39 is 6.10 Å². The molecule has 0 aliphatic carbocycles. The number of hydrogen-bond donors (Lipinski definition) is 1. The Bertz CT molecular complexity index is 954. The summed E-state index contributed by atoms with van der Waals surface area (Å²) in [6.45, 7) is 4.13. The average Bonchev–Trinajstić information content (AvgIpc) is 3.20. The molecule has 0 unspecified atom stereocenters. The first-order valence-corrected chi connectivity index (χ1v) is 8.97. The number of aromatic nitrogens is 3. The van der Waals surface area contributed by atoms with Gasteiger partial charge in [0.1, 0.15) is 18.4 Å². The largest absolute Gasteiger partial charge is 0.481 e. The molecule has 1 N–H and O–H groups in total.